The van der Waals surface area contributed by atoms with Crippen molar-refractivity contribution in [1.29, 1.82) is 0 Å². The summed E-state index contributed by atoms with van der Waals surface area (Å²) in [5.74, 6) is 0. The summed E-state index contributed by atoms with van der Waals surface area (Å²) in [4.78, 5) is 18.8. The molecule has 0 aliphatic carbocycles. The van der Waals surface area contributed by atoms with Crippen molar-refractivity contribution in [2.75, 3.05) is 18.4 Å². The first-order valence-electron chi connectivity index (χ1n) is 12.9. The predicted molar refractivity (Wildman–Crippen MR) is 155 cm³/mol. The Bertz CT molecular complexity index is 1590. The van der Waals surface area contributed by atoms with Gasteiger partial charge in [-0.05, 0) is 91.0 Å². The number of fused-ring (bicyclic) bond motifs is 1. The molecule has 1 atom stereocenters. The highest BCUT2D eigenvalue weighted by Gasteiger charge is 2.13. The van der Waals surface area contributed by atoms with Gasteiger partial charge in [-0.3, -0.25) is 9.78 Å². The van der Waals surface area contributed by atoms with Gasteiger partial charge in [-0.1, -0.05) is 36.4 Å². The van der Waals surface area contributed by atoms with Gasteiger partial charge in [0.1, 0.15) is 0 Å². The SMILES string of the molecule is Cc1ccc(Nc2ccc(CCNC[C@H](O)c3ccc(C)c4[nH]c(=O)ccc34)cc2)cc1-c1cccnc1. The Morgan fingerprint density at radius 3 is 2.50 bits per heavy atom. The summed E-state index contributed by atoms with van der Waals surface area (Å²) in [6, 6.07) is 26.0. The molecule has 0 bridgehead atoms. The van der Waals surface area contributed by atoms with Crippen LogP contribution >= 0.6 is 0 Å². The van der Waals surface area contributed by atoms with Crippen LogP contribution in [0.1, 0.15) is 28.4 Å². The number of aromatic amines is 1. The molecule has 5 aromatic rings. The van der Waals surface area contributed by atoms with Crippen LogP contribution in [0.2, 0.25) is 0 Å². The molecular weight excluding hydrogens is 472 g/mol. The van der Waals surface area contributed by atoms with Gasteiger partial charge in [-0.15, -0.1) is 0 Å². The Labute approximate surface area is 222 Å². The van der Waals surface area contributed by atoms with Crippen LogP contribution in [-0.4, -0.2) is 28.2 Å². The van der Waals surface area contributed by atoms with Gasteiger partial charge in [-0.2, -0.15) is 0 Å². The molecule has 3 aromatic carbocycles. The van der Waals surface area contributed by atoms with Crippen LogP contribution in [-0.2, 0) is 6.42 Å². The van der Waals surface area contributed by atoms with Gasteiger partial charge >= 0.3 is 0 Å². The van der Waals surface area contributed by atoms with Crippen LogP contribution in [0.4, 0.5) is 11.4 Å². The van der Waals surface area contributed by atoms with Crippen LogP contribution in [0.3, 0.4) is 0 Å². The second-order valence-electron chi connectivity index (χ2n) is 9.65. The molecule has 192 valence electrons. The van der Waals surface area contributed by atoms with E-state index < -0.39 is 6.10 Å². The number of aliphatic hydroxyl groups is 1. The normalized spacial score (nSPS) is 12.0. The van der Waals surface area contributed by atoms with Gasteiger partial charge in [-0.25, -0.2) is 0 Å². The number of pyridine rings is 2. The summed E-state index contributed by atoms with van der Waals surface area (Å²) in [6.45, 7) is 5.24. The van der Waals surface area contributed by atoms with Crippen molar-refractivity contribution < 1.29 is 5.11 Å². The molecule has 4 N–H and O–H groups in total. The van der Waals surface area contributed by atoms with E-state index >= 15 is 0 Å². The fraction of sp³-hybridized carbons (Fsp3) is 0.188. The molecule has 2 heterocycles. The lowest BCUT2D eigenvalue weighted by Gasteiger charge is -2.16. The Hall–Kier alpha value is -4.26. The van der Waals surface area contributed by atoms with E-state index in [2.05, 4.69) is 76.1 Å². The zero-order valence-electron chi connectivity index (χ0n) is 21.7. The summed E-state index contributed by atoms with van der Waals surface area (Å²) in [5, 5.41) is 18.5. The van der Waals surface area contributed by atoms with Crippen molar-refractivity contribution in [3.8, 4) is 11.1 Å². The monoisotopic (exact) mass is 504 g/mol. The molecule has 0 aliphatic rings. The number of hydrogen-bond acceptors (Lipinski definition) is 5. The average molecular weight is 505 g/mol. The number of nitrogens with one attached hydrogen (secondary N) is 3. The predicted octanol–water partition coefficient (Wildman–Crippen LogP) is 5.82. The number of aliphatic hydroxyl groups excluding tert-OH is 1. The highest BCUT2D eigenvalue weighted by Crippen LogP contribution is 2.28. The topological polar surface area (TPSA) is 90.0 Å². The third-order valence-electron chi connectivity index (χ3n) is 6.88. The Morgan fingerprint density at radius 1 is 0.921 bits per heavy atom. The summed E-state index contributed by atoms with van der Waals surface area (Å²) in [5.41, 5.74) is 9.20. The van der Waals surface area contributed by atoms with E-state index in [9.17, 15) is 9.90 Å². The highest BCUT2D eigenvalue weighted by atomic mass is 16.3. The maximum atomic E-state index is 11.7. The first-order chi connectivity index (χ1) is 18.5. The molecule has 0 spiro atoms. The molecule has 0 aliphatic heterocycles. The van der Waals surface area contributed by atoms with Gasteiger partial charge in [0.15, 0.2) is 0 Å². The number of aryl methyl sites for hydroxylation is 2. The van der Waals surface area contributed by atoms with Crippen molar-refractivity contribution >= 4 is 22.3 Å². The molecule has 0 radical (unpaired) electrons. The summed E-state index contributed by atoms with van der Waals surface area (Å²) >= 11 is 0. The Morgan fingerprint density at radius 2 is 1.71 bits per heavy atom. The lowest BCUT2D eigenvalue weighted by atomic mass is 10.0. The third kappa shape index (κ3) is 5.83. The Balaban J connectivity index is 1.15. The fourth-order valence-electron chi connectivity index (χ4n) is 4.74. The van der Waals surface area contributed by atoms with Crippen LogP contribution in [0, 0.1) is 13.8 Å². The summed E-state index contributed by atoms with van der Waals surface area (Å²) in [7, 11) is 0. The molecule has 0 saturated carbocycles. The van der Waals surface area contributed by atoms with Crippen LogP contribution in [0.15, 0.2) is 96.1 Å². The van der Waals surface area contributed by atoms with Crippen molar-refractivity contribution in [1.82, 2.24) is 15.3 Å². The molecule has 0 fully saturated rings. The molecule has 5 rings (SSSR count). The fourth-order valence-corrected chi connectivity index (χ4v) is 4.74. The minimum absolute atomic E-state index is 0.139. The number of aromatic nitrogens is 2. The molecule has 0 unspecified atom stereocenters. The zero-order valence-corrected chi connectivity index (χ0v) is 21.7. The maximum Gasteiger partial charge on any atom is 0.248 e. The first-order valence-corrected chi connectivity index (χ1v) is 12.9. The molecule has 6 heteroatoms. The van der Waals surface area contributed by atoms with E-state index in [1.54, 1.807) is 12.3 Å². The minimum Gasteiger partial charge on any atom is -0.387 e. The van der Waals surface area contributed by atoms with Crippen LogP contribution in [0.5, 0.6) is 0 Å². The second-order valence-corrected chi connectivity index (χ2v) is 9.65. The van der Waals surface area contributed by atoms with Gasteiger partial charge in [0.2, 0.25) is 5.56 Å². The number of benzene rings is 3. The standard InChI is InChI=1S/C32H32N4O2/c1-21-5-9-26(18-29(21)24-4-3-16-33-19-24)35-25-10-7-23(8-11-25)15-17-34-20-30(37)27-12-6-22(2)32-28(27)13-14-31(38)36-32/h3-14,16,18-19,30,34-35,37H,15,17,20H2,1-2H3,(H,36,38)/t30-/m0/s1. The molecule has 6 nitrogen and oxygen atoms in total. The lowest BCUT2D eigenvalue weighted by molar-refractivity contribution is 0.176. The first kappa shape index (κ1) is 25.4. The molecule has 2 aromatic heterocycles. The quantitative estimate of drug-likeness (QED) is 0.190. The van der Waals surface area contributed by atoms with Crippen LogP contribution < -0.4 is 16.2 Å². The van der Waals surface area contributed by atoms with E-state index in [1.807, 2.05) is 31.3 Å². The zero-order chi connectivity index (χ0) is 26.5. The van der Waals surface area contributed by atoms with Crippen molar-refractivity contribution in [3.05, 3.63) is 124 Å². The van der Waals surface area contributed by atoms with E-state index in [1.165, 1.54) is 22.8 Å². The largest absolute Gasteiger partial charge is 0.387 e. The van der Waals surface area contributed by atoms with Gasteiger partial charge in [0, 0.05) is 47.3 Å². The van der Waals surface area contributed by atoms with Crippen molar-refractivity contribution in [3.63, 3.8) is 0 Å². The third-order valence-corrected chi connectivity index (χ3v) is 6.88. The van der Waals surface area contributed by atoms with Crippen molar-refractivity contribution in [2.24, 2.45) is 0 Å². The number of hydrogen-bond donors (Lipinski definition) is 4. The smallest absolute Gasteiger partial charge is 0.248 e. The van der Waals surface area contributed by atoms with Gasteiger partial charge in [0.05, 0.1) is 11.6 Å². The molecule has 0 saturated heterocycles. The second kappa shape index (κ2) is 11.4. The van der Waals surface area contributed by atoms with E-state index in [-0.39, 0.29) is 5.56 Å². The maximum absolute atomic E-state index is 11.7. The number of nitrogens with zero attached hydrogens (tertiary/aromatic N) is 1. The average Bonchev–Trinajstić information content (AvgIpc) is 2.94. The van der Waals surface area contributed by atoms with Gasteiger partial charge in [0.25, 0.3) is 0 Å². The molecule has 0 amide bonds. The van der Waals surface area contributed by atoms with Crippen LogP contribution in [0.25, 0.3) is 22.0 Å². The summed E-state index contributed by atoms with van der Waals surface area (Å²) < 4.78 is 0. The number of H-pyrrole nitrogens is 1. The molecule has 38 heavy (non-hydrogen) atoms. The van der Waals surface area contributed by atoms with Crippen molar-refractivity contribution in [2.45, 2.75) is 26.4 Å². The number of rotatable bonds is 9. The summed E-state index contributed by atoms with van der Waals surface area (Å²) in [6.07, 6.45) is 3.86. The van der Waals surface area contributed by atoms with E-state index in [4.69, 9.17) is 0 Å². The molecular formula is C32H32N4O2. The lowest BCUT2D eigenvalue weighted by Crippen LogP contribution is -2.24. The minimum atomic E-state index is -0.665. The van der Waals surface area contributed by atoms with E-state index in [0.717, 1.165) is 51.9 Å². The van der Waals surface area contributed by atoms with E-state index in [0.29, 0.717) is 6.54 Å². The number of anilines is 2. The van der Waals surface area contributed by atoms with Gasteiger partial charge < -0.3 is 20.7 Å². The highest BCUT2D eigenvalue weighted by molar-refractivity contribution is 5.85. The Kier molecular flexibility index (Phi) is 7.63.